The molecule has 0 unspecified atom stereocenters. The minimum atomic E-state index is -0.888. The third-order valence-corrected chi connectivity index (χ3v) is 7.24. The van der Waals surface area contributed by atoms with E-state index in [0.717, 1.165) is 22.2 Å². The van der Waals surface area contributed by atoms with Crippen molar-refractivity contribution in [2.24, 2.45) is 0 Å². The molecular formula is C30H27ClN2O6. The van der Waals surface area contributed by atoms with Gasteiger partial charge in [0.05, 0.1) is 32.9 Å². The number of benzene rings is 3. The van der Waals surface area contributed by atoms with Gasteiger partial charge in [-0.25, -0.2) is 0 Å². The quantitative estimate of drug-likeness (QED) is 0.172. The highest BCUT2D eigenvalue weighted by Crippen LogP contribution is 2.44. The summed E-state index contributed by atoms with van der Waals surface area (Å²) in [5, 5.41) is 12.8. The number of ether oxygens (including phenoxy) is 3. The fraction of sp³-hybridized carbons (Fsp3) is 0.200. The summed E-state index contributed by atoms with van der Waals surface area (Å²) in [6.07, 6.45) is 2.34. The number of likely N-dealkylation sites (tertiary alicyclic amines) is 1. The molecule has 0 spiro atoms. The Morgan fingerprint density at radius 2 is 1.64 bits per heavy atom. The predicted molar refractivity (Wildman–Crippen MR) is 149 cm³/mol. The molecule has 0 aliphatic carbocycles. The van der Waals surface area contributed by atoms with Gasteiger partial charge in [-0.15, -0.1) is 0 Å². The van der Waals surface area contributed by atoms with Crippen LogP contribution < -0.4 is 14.2 Å². The van der Waals surface area contributed by atoms with E-state index in [4.69, 9.17) is 25.8 Å². The van der Waals surface area contributed by atoms with E-state index in [0.29, 0.717) is 34.1 Å². The molecule has 5 rings (SSSR count). The lowest BCUT2D eigenvalue weighted by molar-refractivity contribution is -0.139. The maximum absolute atomic E-state index is 13.5. The molecule has 9 heteroatoms. The number of nitrogens with zero attached hydrogens (tertiary/aromatic N) is 1. The van der Waals surface area contributed by atoms with Crippen LogP contribution in [-0.2, 0) is 16.0 Å². The number of hydrogen-bond acceptors (Lipinski definition) is 6. The van der Waals surface area contributed by atoms with Crippen LogP contribution >= 0.6 is 11.6 Å². The molecule has 2 N–H and O–H groups in total. The predicted octanol–water partition coefficient (Wildman–Crippen LogP) is 5.51. The van der Waals surface area contributed by atoms with Gasteiger partial charge in [-0.05, 0) is 66.6 Å². The lowest BCUT2D eigenvalue weighted by Gasteiger charge is -2.27. The zero-order chi connectivity index (χ0) is 27.7. The molecule has 39 heavy (non-hydrogen) atoms. The van der Waals surface area contributed by atoms with E-state index in [2.05, 4.69) is 4.98 Å². The Kier molecular flexibility index (Phi) is 7.21. The van der Waals surface area contributed by atoms with E-state index >= 15 is 0 Å². The maximum atomic E-state index is 13.5. The largest absolute Gasteiger partial charge is 0.507 e. The second kappa shape index (κ2) is 10.7. The number of carbonyl (C=O) groups excluding carboxylic acids is 2. The summed E-state index contributed by atoms with van der Waals surface area (Å²) >= 11 is 6.03. The summed E-state index contributed by atoms with van der Waals surface area (Å²) in [5.41, 5.74) is 2.80. The number of carbonyl (C=O) groups is 2. The topological polar surface area (TPSA) is 101 Å². The zero-order valence-corrected chi connectivity index (χ0v) is 22.4. The third-order valence-electron chi connectivity index (χ3n) is 6.99. The molecule has 1 aliphatic rings. The monoisotopic (exact) mass is 546 g/mol. The van der Waals surface area contributed by atoms with Crippen LogP contribution in [-0.4, -0.2) is 54.6 Å². The number of fused-ring (bicyclic) bond motifs is 1. The third kappa shape index (κ3) is 4.79. The van der Waals surface area contributed by atoms with Crippen molar-refractivity contribution in [3.8, 4) is 17.2 Å². The average Bonchev–Trinajstić information content (AvgIpc) is 3.48. The van der Waals surface area contributed by atoms with Crippen LogP contribution in [0.3, 0.4) is 0 Å². The summed E-state index contributed by atoms with van der Waals surface area (Å²) < 4.78 is 16.3. The number of aromatic nitrogens is 1. The first kappa shape index (κ1) is 26.2. The molecule has 3 aromatic carbocycles. The highest BCUT2D eigenvalue weighted by molar-refractivity contribution is 6.46. The van der Waals surface area contributed by atoms with Crippen LogP contribution in [0.4, 0.5) is 0 Å². The molecule has 8 nitrogen and oxygen atoms in total. The Balaban J connectivity index is 1.60. The van der Waals surface area contributed by atoms with Crippen molar-refractivity contribution in [2.45, 2.75) is 12.5 Å². The SMILES string of the molecule is COc1ccc([C@@H]2C(=C(O)c3ccc(Cl)cc3)C(=O)C(=O)N2CCc2c[nH]c3ccc(OC)cc23)c(OC)c1. The number of aliphatic hydroxyl groups is 1. The Labute approximate surface area is 230 Å². The Morgan fingerprint density at radius 3 is 2.33 bits per heavy atom. The van der Waals surface area contributed by atoms with Crippen molar-refractivity contribution in [3.05, 3.63) is 94.1 Å². The molecule has 0 saturated carbocycles. The molecule has 1 aliphatic heterocycles. The van der Waals surface area contributed by atoms with Gasteiger partial charge < -0.3 is 29.2 Å². The average molecular weight is 547 g/mol. The van der Waals surface area contributed by atoms with Crippen molar-refractivity contribution < 1.29 is 28.9 Å². The molecule has 1 saturated heterocycles. The molecule has 4 aromatic rings. The van der Waals surface area contributed by atoms with Crippen LogP contribution in [0.2, 0.25) is 5.02 Å². The summed E-state index contributed by atoms with van der Waals surface area (Å²) in [5.74, 6) is -0.0678. The standard InChI is InChI=1S/C30H27ClN2O6/c1-37-20-9-11-24-23(14-20)18(16-32-24)12-13-33-27(22-10-8-21(38-2)15-25(22)39-3)26(29(35)30(33)36)28(34)17-4-6-19(31)7-5-17/h4-11,14-16,27,32,34H,12-13H2,1-3H3/t27-/m1/s1. The number of methoxy groups -OCH3 is 3. The summed E-state index contributed by atoms with van der Waals surface area (Å²) in [4.78, 5) is 31.6. The second-order valence-corrected chi connectivity index (χ2v) is 9.52. The molecule has 200 valence electrons. The number of ketones is 1. The first-order valence-corrected chi connectivity index (χ1v) is 12.6. The molecule has 0 radical (unpaired) electrons. The second-order valence-electron chi connectivity index (χ2n) is 9.08. The van der Waals surface area contributed by atoms with Crippen LogP contribution in [0.5, 0.6) is 17.2 Å². The lowest BCUT2D eigenvalue weighted by atomic mass is 9.94. The number of nitrogens with one attached hydrogen (secondary N) is 1. The molecule has 1 aromatic heterocycles. The summed E-state index contributed by atoms with van der Waals surface area (Å²) in [6, 6.07) is 16.4. The van der Waals surface area contributed by atoms with E-state index in [1.807, 2.05) is 24.4 Å². The van der Waals surface area contributed by atoms with Gasteiger partial charge in [-0.1, -0.05) is 11.6 Å². The highest BCUT2D eigenvalue weighted by atomic mass is 35.5. The van der Waals surface area contributed by atoms with Crippen molar-refractivity contribution in [1.82, 2.24) is 9.88 Å². The van der Waals surface area contributed by atoms with Crippen molar-refractivity contribution in [1.29, 1.82) is 0 Å². The van der Waals surface area contributed by atoms with E-state index < -0.39 is 17.7 Å². The van der Waals surface area contributed by atoms with Gasteiger partial charge in [0, 0.05) is 45.9 Å². The van der Waals surface area contributed by atoms with Crippen LogP contribution in [0.25, 0.3) is 16.7 Å². The minimum absolute atomic E-state index is 0.0219. The first-order chi connectivity index (χ1) is 18.9. The molecule has 1 amide bonds. The molecule has 1 atom stereocenters. The van der Waals surface area contributed by atoms with Gasteiger partial charge in [-0.2, -0.15) is 0 Å². The van der Waals surface area contributed by atoms with Gasteiger partial charge in [0.25, 0.3) is 11.7 Å². The van der Waals surface area contributed by atoms with E-state index in [1.165, 1.54) is 19.1 Å². The van der Waals surface area contributed by atoms with Crippen LogP contribution in [0, 0.1) is 0 Å². The molecule has 2 heterocycles. The summed E-state index contributed by atoms with van der Waals surface area (Å²) in [6.45, 7) is 0.214. The lowest BCUT2D eigenvalue weighted by Crippen LogP contribution is -2.31. The smallest absolute Gasteiger partial charge is 0.295 e. The number of aromatic amines is 1. The fourth-order valence-electron chi connectivity index (χ4n) is 4.97. The maximum Gasteiger partial charge on any atom is 0.295 e. The van der Waals surface area contributed by atoms with Crippen molar-refractivity contribution >= 4 is 40.0 Å². The zero-order valence-electron chi connectivity index (χ0n) is 21.7. The Morgan fingerprint density at radius 1 is 0.949 bits per heavy atom. The van der Waals surface area contributed by atoms with Crippen LogP contribution in [0.15, 0.2) is 72.4 Å². The highest BCUT2D eigenvalue weighted by Gasteiger charge is 2.47. The van der Waals surface area contributed by atoms with Crippen LogP contribution in [0.1, 0.15) is 22.7 Å². The first-order valence-electron chi connectivity index (χ1n) is 12.3. The number of H-pyrrole nitrogens is 1. The Bertz CT molecular complexity index is 1590. The van der Waals surface area contributed by atoms with Gasteiger partial charge in [0.15, 0.2) is 0 Å². The molecular weight excluding hydrogens is 520 g/mol. The van der Waals surface area contributed by atoms with E-state index in [1.54, 1.807) is 49.6 Å². The number of halogens is 1. The number of amides is 1. The van der Waals surface area contributed by atoms with Crippen molar-refractivity contribution in [3.63, 3.8) is 0 Å². The molecule has 0 bridgehead atoms. The summed E-state index contributed by atoms with van der Waals surface area (Å²) in [7, 11) is 4.65. The fourth-order valence-corrected chi connectivity index (χ4v) is 5.10. The minimum Gasteiger partial charge on any atom is -0.507 e. The van der Waals surface area contributed by atoms with Gasteiger partial charge in [0.2, 0.25) is 0 Å². The van der Waals surface area contributed by atoms with Gasteiger partial charge in [0.1, 0.15) is 23.0 Å². The Hall–Kier alpha value is -4.43. The number of Topliss-reactive ketones (excluding diaryl/α,β-unsaturated/α-hetero) is 1. The van der Waals surface area contributed by atoms with Crippen molar-refractivity contribution in [2.75, 3.05) is 27.9 Å². The number of hydrogen-bond donors (Lipinski definition) is 2. The molecule has 1 fully saturated rings. The number of rotatable bonds is 8. The van der Waals surface area contributed by atoms with Gasteiger partial charge >= 0.3 is 0 Å². The van der Waals surface area contributed by atoms with E-state index in [-0.39, 0.29) is 17.9 Å². The normalized spacial score (nSPS) is 16.6. The van der Waals surface area contributed by atoms with Gasteiger partial charge in [-0.3, -0.25) is 9.59 Å². The van der Waals surface area contributed by atoms with E-state index in [9.17, 15) is 14.7 Å². The number of aliphatic hydroxyl groups excluding tert-OH is 1.